The number of pyridine rings is 1. The molecule has 1 aromatic heterocycles. The summed E-state index contributed by atoms with van der Waals surface area (Å²) in [5.41, 5.74) is 0. The first-order valence-corrected chi connectivity index (χ1v) is 11.2. The van der Waals surface area contributed by atoms with Crippen molar-refractivity contribution in [1.82, 2.24) is 20.5 Å². The van der Waals surface area contributed by atoms with Crippen LogP contribution in [0.4, 0.5) is 5.82 Å². The molecule has 0 bridgehead atoms. The largest absolute Gasteiger partial charge is 0.379 e. The molecule has 1 aromatic rings. The molecular weight excluding hydrogens is 515 g/mol. The topological polar surface area (TPSA) is 65.0 Å². The van der Waals surface area contributed by atoms with Crippen LogP contribution in [0.25, 0.3) is 0 Å². The zero-order chi connectivity index (χ0) is 20.6. The monoisotopic (exact) mass is 550 g/mol. The first kappa shape index (κ1) is 25.4. The highest BCUT2D eigenvalue weighted by atomic mass is 127. The van der Waals surface area contributed by atoms with Crippen LogP contribution in [-0.4, -0.2) is 80.4 Å². The van der Waals surface area contributed by atoms with Crippen molar-refractivity contribution in [2.24, 2.45) is 10.9 Å². The Labute approximate surface area is 203 Å². The third-order valence-electron chi connectivity index (χ3n) is 5.63. The molecule has 2 N–H and O–H groups in total. The van der Waals surface area contributed by atoms with E-state index in [-0.39, 0.29) is 24.0 Å². The number of guanidine groups is 1. The molecule has 9 heteroatoms. The summed E-state index contributed by atoms with van der Waals surface area (Å²) in [6.45, 7) is 13.7. The Kier molecular flexibility index (Phi) is 10.9. The first-order chi connectivity index (χ1) is 14.1. The number of nitrogens with one attached hydrogen (secondary N) is 2. The van der Waals surface area contributed by atoms with E-state index in [2.05, 4.69) is 46.2 Å². The number of aliphatic imine (C=N–C) groups is 1. The molecule has 0 amide bonds. The summed E-state index contributed by atoms with van der Waals surface area (Å²) in [5.74, 6) is 2.31. The van der Waals surface area contributed by atoms with E-state index in [4.69, 9.17) is 21.3 Å². The smallest absolute Gasteiger partial charge is 0.191 e. The minimum Gasteiger partial charge on any atom is -0.379 e. The fraction of sp³-hybridized carbons (Fsp3) is 0.714. The van der Waals surface area contributed by atoms with Crippen molar-refractivity contribution in [2.45, 2.75) is 39.3 Å². The second-order valence-electron chi connectivity index (χ2n) is 8.06. The van der Waals surface area contributed by atoms with Crippen LogP contribution in [0, 0.1) is 5.92 Å². The van der Waals surface area contributed by atoms with Gasteiger partial charge >= 0.3 is 0 Å². The van der Waals surface area contributed by atoms with Crippen LogP contribution < -0.4 is 15.5 Å². The van der Waals surface area contributed by atoms with Crippen molar-refractivity contribution in [3.8, 4) is 0 Å². The number of aromatic nitrogens is 1. The van der Waals surface area contributed by atoms with Crippen LogP contribution in [0.5, 0.6) is 0 Å². The van der Waals surface area contributed by atoms with Gasteiger partial charge < -0.3 is 20.3 Å². The third kappa shape index (κ3) is 7.10. The highest BCUT2D eigenvalue weighted by Crippen LogP contribution is 2.25. The van der Waals surface area contributed by atoms with Crippen LogP contribution in [0.3, 0.4) is 0 Å². The lowest BCUT2D eigenvalue weighted by molar-refractivity contribution is 0.00867. The fourth-order valence-electron chi connectivity index (χ4n) is 4.04. The van der Waals surface area contributed by atoms with Crippen molar-refractivity contribution in [3.05, 3.63) is 23.4 Å². The van der Waals surface area contributed by atoms with E-state index in [0.717, 1.165) is 70.7 Å². The number of nitrogens with zero attached hydrogens (tertiary/aromatic N) is 4. The summed E-state index contributed by atoms with van der Waals surface area (Å²) >= 11 is 6.32. The van der Waals surface area contributed by atoms with Gasteiger partial charge in [-0.2, -0.15) is 0 Å². The van der Waals surface area contributed by atoms with Gasteiger partial charge in [0, 0.05) is 51.0 Å². The molecule has 2 aliphatic rings. The van der Waals surface area contributed by atoms with E-state index in [0.29, 0.717) is 23.0 Å². The molecule has 2 fully saturated rings. The Bertz CT molecular complexity index is 671. The van der Waals surface area contributed by atoms with Crippen LogP contribution in [0.2, 0.25) is 5.02 Å². The Hall–Kier alpha value is -0.840. The van der Waals surface area contributed by atoms with E-state index in [9.17, 15) is 0 Å². The van der Waals surface area contributed by atoms with Crippen LogP contribution >= 0.6 is 35.6 Å². The van der Waals surface area contributed by atoms with Gasteiger partial charge in [0.1, 0.15) is 5.82 Å². The number of hydrogen-bond acceptors (Lipinski definition) is 5. The third-order valence-corrected chi connectivity index (χ3v) is 5.93. The molecule has 0 saturated carbocycles. The lowest BCUT2D eigenvalue weighted by atomic mass is 10.0. The lowest BCUT2D eigenvalue weighted by Crippen LogP contribution is -2.49. The maximum absolute atomic E-state index is 6.32. The Morgan fingerprint density at radius 3 is 2.77 bits per heavy atom. The standard InChI is InChI=1S/C21H35ClN6O.HI/c1-4-23-21(25-14-19(16(2)3)27-10-12-29-13-11-27)26-17-7-9-28(15-17)20-18(22)6-5-8-24-20;/h5-6,8,16-17,19H,4,7,9-15H2,1-3H3,(H2,23,25,26);1H. The summed E-state index contributed by atoms with van der Waals surface area (Å²) in [7, 11) is 0. The molecule has 7 nitrogen and oxygen atoms in total. The summed E-state index contributed by atoms with van der Waals surface area (Å²) < 4.78 is 5.52. The van der Waals surface area contributed by atoms with Crippen LogP contribution in [0.1, 0.15) is 27.2 Å². The number of ether oxygens (including phenoxy) is 1. The van der Waals surface area contributed by atoms with Crippen molar-refractivity contribution in [3.63, 3.8) is 0 Å². The number of hydrogen-bond donors (Lipinski definition) is 2. The van der Waals surface area contributed by atoms with E-state index in [1.54, 1.807) is 6.20 Å². The van der Waals surface area contributed by atoms with Gasteiger partial charge in [0.15, 0.2) is 5.96 Å². The Balaban J connectivity index is 0.00000320. The number of anilines is 1. The van der Waals surface area contributed by atoms with Gasteiger partial charge in [-0.1, -0.05) is 25.4 Å². The summed E-state index contributed by atoms with van der Waals surface area (Å²) in [6.07, 6.45) is 2.83. The predicted octanol–water partition coefficient (Wildman–Crippen LogP) is 2.84. The molecule has 0 spiro atoms. The van der Waals surface area contributed by atoms with Crippen LogP contribution in [-0.2, 0) is 4.74 Å². The van der Waals surface area contributed by atoms with E-state index < -0.39 is 0 Å². The van der Waals surface area contributed by atoms with Crippen molar-refractivity contribution >= 4 is 47.4 Å². The highest BCUT2D eigenvalue weighted by molar-refractivity contribution is 14.0. The molecule has 30 heavy (non-hydrogen) atoms. The van der Waals surface area contributed by atoms with E-state index >= 15 is 0 Å². The number of rotatable bonds is 7. The second kappa shape index (κ2) is 12.9. The first-order valence-electron chi connectivity index (χ1n) is 10.8. The summed E-state index contributed by atoms with van der Waals surface area (Å²) in [4.78, 5) is 14.1. The van der Waals surface area contributed by atoms with Crippen molar-refractivity contribution < 1.29 is 4.74 Å². The zero-order valence-corrected chi connectivity index (χ0v) is 21.4. The van der Waals surface area contributed by atoms with Gasteiger partial charge in [0.05, 0.1) is 24.8 Å². The molecule has 2 unspecified atom stereocenters. The maximum Gasteiger partial charge on any atom is 0.191 e. The van der Waals surface area contributed by atoms with Gasteiger partial charge in [-0.05, 0) is 31.4 Å². The highest BCUT2D eigenvalue weighted by Gasteiger charge is 2.26. The molecule has 0 aliphatic carbocycles. The number of halogens is 2. The van der Waals surface area contributed by atoms with E-state index in [1.165, 1.54) is 0 Å². The molecule has 170 valence electrons. The van der Waals surface area contributed by atoms with Gasteiger partial charge in [0.2, 0.25) is 0 Å². The minimum atomic E-state index is 0. The quantitative estimate of drug-likeness (QED) is 0.309. The molecule has 0 radical (unpaired) electrons. The average molecular weight is 551 g/mol. The molecule has 0 aromatic carbocycles. The molecular formula is C21H36ClIN6O. The maximum atomic E-state index is 6.32. The second-order valence-corrected chi connectivity index (χ2v) is 8.47. The lowest BCUT2D eigenvalue weighted by Gasteiger charge is -2.36. The van der Waals surface area contributed by atoms with Gasteiger partial charge in [0.25, 0.3) is 0 Å². The minimum absolute atomic E-state index is 0. The Morgan fingerprint density at radius 1 is 1.33 bits per heavy atom. The van der Waals surface area contributed by atoms with Crippen LogP contribution in [0.15, 0.2) is 23.3 Å². The van der Waals surface area contributed by atoms with Crippen molar-refractivity contribution in [1.29, 1.82) is 0 Å². The number of morpholine rings is 1. The normalized spacial score (nSPS) is 21.4. The van der Waals surface area contributed by atoms with Gasteiger partial charge in [-0.15, -0.1) is 24.0 Å². The Morgan fingerprint density at radius 2 is 2.10 bits per heavy atom. The fourth-order valence-corrected chi connectivity index (χ4v) is 4.28. The summed E-state index contributed by atoms with van der Waals surface area (Å²) in [5, 5.41) is 7.73. The summed E-state index contributed by atoms with van der Waals surface area (Å²) in [6, 6.07) is 4.52. The van der Waals surface area contributed by atoms with E-state index in [1.807, 2.05) is 12.1 Å². The average Bonchev–Trinajstić information content (AvgIpc) is 3.17. The SMILES string of the molecule is CCNC(=NCC(C(C)C)N1CCOCC1)NC1CCN(c2ncccc2Cl)C1.I. The molecule has 2 aliphatic heterocycles. The van der Waals surface area contributed by atoms with Crippen molar-refractivity contribution in [2.75, 3.05) is 57.4 Å². The molecule has 2 atom stereocenters. The van der Waals surface area contributed by atoms with Gasteiger partial charge in [-0.25, -0.2) is 4.98 Å². The molecule has 3 heterocycles. The molecule has 3 rings (SSSR count). The molecule has 2 saturated heterocycles. The predicted molar refractivity (Wildman–Crippen MR) is 135 cm³/mol. The zero-order valence-electron chi connectivity index (χ0n) is 18.3. The van der Waals surface area contributed by atoms with Gasteiger partial charge in [-0.3, -0.25) is 9.89 Å².